The van der Waals surface area contributed by atoms with Gasteiger partial charge < -0.3 is 0 Å². The first-order valence-electron chi connectivity index (χ1n) is 8.93. The first-order valence-corrected chi connectivity index (χ1v) is 11.3. The van der Waals surface area contributed by atoms with Crippen molar-refractivity contribution >= 4 is 106 Å². The molecule has 6 heterocycles. The van der Waals surface area contributed by atoms with Crippen molar-refractivity contribution in [2.45, 2.75) is 0 Å². The highest BCUT2D eigenvalue weighted by atomic mass is 32.1. The zero-order valence-electron chi connectivity index (χ0n) is 16.4. The number of thiophene rings is 5. The largest absolute Gasteiger partial charge is 0.246 e. The summed E-state index contributed by atoms with van der Waals surface area (Å²) in [6.07, 6.45) is 0. The minimum absolute atomic E-state index is 0. The van der Waals surface area contributed by atoms with Crippen molar-refractivity contribution < 1.29 is 7.37 Å². The van der Waals surface area contributed by atoms with Gasteiger partial charge in [-0.25, -0.2) is 4.98 Å². The fourth-order valence-corrected chi connectivity index (χ4v) is 7.60. The third kappa shape index (κ3) is 2.81. The Kier molecular flexibility index (Phi) is 4.05. The zero-order valence-corrected chi connectivity index (χ0v) is 17.9. The van der Waals surface area contributed by atoms with Crippen LogP contribution >= 0.6 is 66.6 Å². The molecule has 0 saturated heterocycles. The maximum absolute atomic E-state index is 5.00. The van der Waals surface area contributed by atoms with E-state index in [1.807, 2.05) is 34.0 Å². The third-order valence-electron chi connectivity index (χ3n) is 3.53. The van der Waals surface area contributed by atoms with Crippen LogP contribution < -0.4 is 0 Å². The lowest BCUT2D eigenvalue weighted by Crippen LogP contribution is -1.71. The standard InChI is InChI=1S/C9H5NS2.C8H4S3.H3P.3H2/c1-3-11-8-5-9-7(2-4-12-9)10-6(1)8;1-3-9-7-5(1)11-6-2-4-10-8(6)7;;;;/h1-5H;1-4H;1H3;3*1H/i;;;2*1+2D;1+2. The highest BCUT2D eigenvalue weighted by molar-refractivity contribution is 7.37. The minimum atomic E-state index is 0. The summed E-state index contributed by atoms with van der Waals surface area (Å²) in [5.74, 6) is 0. The van der Waals surface area contributed by atoms with Crippen LogP contribution in [0.25, 0.3) is 39.2 Å². The molecular weight excluding hydrogens is 410 g/mol. The van der Waals surface area contributed by atoms with Gasteiger partial charge in [-0.15, -0.1) is 56.7 Å². The number of hydrogen-bond acceptors (Lipinski definition) is 6. The van der Waals surface area contributed by atoms with Crippen LogP contribution in [0.1, 0.15) is 7.37 Å². The van der Waals surface area contributed by atoms with Gasteiger partial charge in [-0.05, 0) is 51.9 Å². The molecular formula is C17H18NPS5. The summed E-state index contributed by atoms with van der Waals surface area (Å²) >= 11 is 9.09. The van der Waals surface area contributed by atoms with E-state index in [2.05, 4.69) is 56.8 Å². The van der Waals surface area contributed by atoms with Crippen molar-refractivity contribution in [3.63, 3.8) is 0 Å². The first kappa shape index (κ1) is 14.3. The van der Waals surface area contributed by atoms with E-state index >= 15 is 0 Å². The van der Waals surface area contributed by atoms with E-state index in [4.69, 9.17) is 5.94 Å². The van der Waals surface area contributed by atoms with Crippen LogP contribution in [0.3, 0.4) is 0 Å². The van der Waals surface area contributed by atoms with Crippen LogP contribution in [-0.2, 0) is 0 Å². The van der Waals surface area contributed by atoms with Crippen LogP contribution in [0.4, 0.5) is 0 Å². The third-order valence-corrected chi connectivity index (χ3v) is 8.61. The lowest BCUT2D eigenvalue weighted by Gasteiger charge is -1.88. The molecule has 1 atom stereocenters. The van der Waals surface area contributed by atoms with Crippen molar-refractivity contribution in [2.75, 3.05) is 0 Å². The summed E-state index contributed by atoms with van der Waals surface area (Å²) in [5, 5.41) is 8.50. The number of pyridine rings is 1. The second-order valence-corrected chi connectivity index (χ2v) is 9.74. The Morgan fingerprint density at radius 3 is 1.75 bits per heavy atom. The summed E-state index contributed by atoms with van der Waals surface area (Å²) < 4.78 is 28.4. The fourth-order valence-electron chi connectivity index (χ4n) is 2.48. The average Bonchev–Trinajstić information content (AvgIpc) is 3.49. The molecule has 6 aromatic rings. The molecule has 0 spiro atoms. The van der Waals surface area contributed by atoms with Crippen molar-refractivity contribution in [1.82, 2.24) is 4.98 Å². The molecule has 0 aliphatic rings. The lowest BCUT2D eigenvalue weighted by molar-refractivity contribution is 1.54. The summed E-state index contributed by atoms with van der Waals surface area (Å²) in [7, 11) is 0. The number of nitrogens with zero attached hydrogens (tertiary/aromatic N) is 1. The van der Waals surface area contributed by atoms with E-state index in [-0.39, 0.29) is 11.3 Å². The maximum atomic E-state index is 5.00. The molecule has 0 aromatic carbocycles. The molecule has 0 N–H and O–H groups in total. The van der Waals surface area contributed by atoms with E-state index in [0.717, 1.165) is 11.0 Å². The van der Waals surface area contributed by atoms with Gasteiger partial charge in [-0.3, -0.25) is 0 Å². The SMILES string of the molecule is P.[2H][3H].[2H][3H].[3HH].c1cc2nc3ccsc3cc2s1.c1cc2sc3ccsc3c2s1. The number of aromatic nitrogens is 1. The summed E-state index contributed by atoms with van der Waals surface area (Å²) in [5.41, 5.74) is 2.23. The molecule has 0 aliphatic carbocycles. The first-order chi connectivity index (χ1) is 13.4. The molecule has 0 aliphatic heterocycles. The molecule has 0 bridgehead atoms. The Bertz CT molecular complexity index is 1120. The molecule has 0 fully saturated rings. The Labute approximate surface area is 169 Å². The van der Waals surface area contributed by atoms with E-state index in [9.17, 15) is 0 Å². The average molecular weight is 436 g/mol. The number of fused-ring (bicyclic) bond motifs is 5. The van der Waals surface area contributed by atoms with Gasteiger partial charge in [0.1, 0.15) is 0 Å². The predicted octanol–water partition coefficient (Wildman–Crippen LogP) is 8.48. The molecule has 1 unspecified atom stereocenters. The molecule has 0 saturated carbocycles. The second kappa shape index (κ2) is 6.79. The molecule has 0 radical (unpaired) electrons. The van der Waals surface area contributed by atoms with Gasteiger partial charge in [0, 0.05) is 16.8 Å². The van der Waals surface area contributed by atoms with Gasteiger partial charge in [0.2, 0.25) is 0 Å². The Hall–Kier alpha value is -0.880. The molecule has 6 rings (SSSR count). The van der Waals surface area contributed by atoms with Crippen molar-refractivity contribution in [1.29, 1.82) is 0 Å². The summed E-state index contributed by atoms with van der Waals surface area (Å²) in [4.78, 5) is 4.52. The smallest absolute Gasteiger partial charge is 0.0818 e. The van der Waals surface area contributed by atoms with Crippen LogP contribution in [0.5, 0.6) is 0 Å². The number of hydrogen-bond donors (Lipinski definition) is 0. The molecule has 7 heteroatoms. The fraction of sp³-hybridized carbons (Fsp3) is 0. The van der Waals surface area contributed by atoms with E-state index < -0.39 is 0 Å². The Morgan fingerprint density at radius 2 is 1.21 bits per heavy atom. The quantitative estimate of drug-likeness (QED) is 0.218. The maximum Gasteiger partial charge on any atom is 0.0818 e. The molecule has 126 valence electrons. The van der Waals surface area contributed by atoms with Crippen molar-refractivity contribution in [3.8, 4) is 0 Å². The summed E-state index contributed by atoms with van der Waals surface area (Å²) in [6.45, 7) is 0. The normalized spacial score (nSPS) is 11.7. The van der Waals surface area contributed by atoms with E-state index in [1.54, 1.807) is 22.7 Å². The van der Waals surface area contributed by atoms with E-state index in [1.165, 1.54) is 28.2 Å². The van der Waals surface area contributed by atoms with Gasteiger partial charge in [-0.1, -0.05) is 0 Å². The second-order valence-electron chi connectivity index (χ2n) is 4.93. The molecule has 1 nitrogen and oxygen atoms in total. The molecule has 0 amide bonds. The van der Waals surface area contributed by atoms with Crippen LogP contribution in [0.15, 0.2) is 51.9 Å². The topological polar surface area (TPSA) is 12.9 Å². The minimum Gasteiger partial charge on any atom is -0.246 e. The Balaban J connectivity index is 0.000000235. The van der Waals surface area contributed by atoms with Crippen LogP contribution in [0.2, 0.25) is 0 Å². The lowest BCUT2D eigenvalue weighted by atomic mass is 10.3. The van der Waals surface area contributed by atoms with Gasteiger partial charge in [0.25, 0.3) is 0 Å². The highest BCUT2D eigenvalue weighted by Gasteiger charge is 2.05. The highest BCUT2D eigenvalue weighted by Crippen LogP contribution is 2.40. The predicted molar refractivity (Wildman–Crippen MR) is 128 cm³/mol. The van der Waals surface area contributed by atoms with Crippen LogP contribution in [0, 0.1) is 0 Å². The van der Waals surface area contributed by atoms with Crippen molar-refractivity contribution in [3.05, 3.63) is 51.9 Å². The van der Waals surface area contributed by atoms with Crippen LogP contribution in [-0.4, -0.2) is 4.98 Å². The van der Waals surface area contributed by atoms with Gasteiger partial charge in [0.05, 0.1) is 29.8 Å². The zero-order chi connectivity index (χ0) is 19.2. The van der Waals surface area contributed by atoms with Gasteiger partial charge in [0.15, 0.2) is 0 Å². The Morgan fingerprint density at radius 1 is 0.708 bits per heavy atom. The van der Waals surface area contributed by atoms with E-state index in [0.29, 0.717) is 0 Å². The van der Waals surface area contributed by atoms with Gasteiger partial charge >= 0.3 is 0 Å². The monoisotopic (exact) mass is 435 g/mol. The van der Waals surface area contributed by atoms with Crippen molar-refractivity contribution in [2.24, 2.45) is 0 Å². The molecule has 6 aromatic heterocycles. The number of rotatable bonds is 0. The van der Waals surface area contributed by atoms with Gasteiger partial charge in [-0.2, -0.15) is 9.90 Å². The molecule has 24 heavy (non-hydrogen) atoms. The summed E-state index contributed by atoms with van der Waals surface area (Å²) in [6, 6.07) is 10.8.